The largest absolute Gasteiger partial charge is 0.465 e. The quantitative estimate of drug-likeness (QED) is 0.116. The predicted octanol–water partition coefficient (Wildman–Crippen LogP) is 8.73. The molecule has 1 aliphatic heterocycles. The molecular weight excluding hydrogens is 625 g/mol. The van der Waals surface area contributed by atoms with Crippen LogP contribution in [0.1, 0.15) is 64.0 Å². The molecule has 0 saturated heterocycles. The Morgan fingerprint density at radius 2 is 1.89 bits per heavy atom. The van der Waals surface area contributed by atoms with Gasteiger partial charge in [-0.05, 0) is 95.8 Å². The van der Waals surface area contributed by atoms with Gasteiger partial charge >= 0.3 is 11.2 Å². The third-order valence-corrected chi connectivity index (χ3v) is 15.1. The van der Waals surface area contributed by atoms with E-state index in [4.69, 9.17) is 9.16 Å². The Hall–Kier alpha value is -2.81. The molecule has 4 rings (SSSR count). The predicted molar refractivity (Wildman–Crippen MR) is 187 cm³/mol. The fourth-order valence-corrected chi connectivity index (χ4v) is 8.03. The van der Waals surface area contributed by atoms with Gasteiger partial charge in [0, 0.05) is 47.1 Å². The Kier molecular flexibility index (Phi) is 11.6. The molecule has 234 valence electrons. The molecule has 0 spiro atoms. The molecule has 1 aliphatic rings. The average Bonchev–Trinajstić information content (AvgIpc) is 3.67. The zero-order chi connectivity index (χ0) is 31.9. The first-order valence-corrected chi connectivity index (χ1v) is 20.3. The molecule has 0 bridgehead atoms. The van der Waals surface area contributed by atoms with E-state index in [0.717, 1.165) is 34.4 Å². The lowest BCUT2D eigenvalue weighted by Crippen LogP contribution is -2.47. The molecule has 0 aliphatic carbocycles. The first kappa shape index (κ1) is 34.1. The summed E-state index contributed by atoms with van der Waals surface area (Å²) >= 11 is 4.26. The van der Waals surface area contributed by atoms with E-state index in [1.807, 2.05) is 34.1 Å². The molecule has 44 heavy (non-hydrogen) atoms. The van der Waals surface area contributed by atoms with Gasteiger partial charge in [0.1, 0.15) is 4.88 Å². The number of thiophene rings is 2. The van der Waals surface area contributed by atoms with Crippen LogP contribution in [0.2, 0.25) is 18.1 Å². The van der Waals surface area contributed by atoms with Gasteiger partial charge in [0.25, 0.3) is 0 Å². The summed E-state index contributed by atoms with van der Waals surface area (Å²) in [5.41, 5.74) is 4.43. The van der Waals surface area contributed by atoms with Crippen LogP contribution in [0.25, 0.3) is 0 Å². The molecule has 6 nitrogen and oxygen atoms in total. The first-order chi connectivity index (χ1) is 20.9. The van der Waals surface area contributed by atoms with Crippen LogP contribution in [0.4, 0.5) is 4.79 Å². The van der Waals surface area contributed by atoms with Gasteiger partial charge in [-0.25, -0.2) is 9.80 Å². The Balaban J connectivity index is 1.49. The summed E-state index contributed by atoms with van der Waals surface area (Å²) in [7, 11) is -0.684. The molecular formula is C34H42N2O4S3Si. The molecule has 1 aromatic carbocycles. The smallest absolute Gasteiger partial charge is 0.348 e. The molecule has 3 aromatic rings. The highest BCUT2D eigenvalue weighted by atomic mass is 32.2. The molecule has 3 heterocycles. The fourth-order valence-electron chi connectivity index (χ4n) is 4.50. The number of carbonyl (C=O) groups is 2. The third kappa shape index (κ3) is 9.11. The van der Waals surface area contributed by atoms with Crippen molar-refractivity contribution in [2.75, 3.05) is 20.2 Å². The number of benzene rings is 1. The van der Waals surface area contributed by atoms with E-state index < -0.39 is 8.32 Å². The van der Waals surface area contributed by atoms with Gasteiger partial charge in [-0.3, -0.25) is 9.80 Å². The van der Waals surface area contributed by atoms with Crippen LogP contribution >= 0.6 is 34.4 Å². The maximum Gasteiger partial charge on any atom is 0.348 e. The second-order valence-electron chi connectivity index (χ2n) is 12.4. The highest BCUT2D eigenvalue weighted by Crippen LogP contribution is 2.38. The topological polar surface area (TPSA) is 59.1 Å². The minimum Gasteiger partial charge on any atom is -0.465 e. The summed E-state index contributed by atoms with van der Waals surface area (Å²) in [5, 5.41) is 9.84. The number of hydrazine groups is 1. The van der Waals surface area contributed by atoms with Gasteiger partial charge in [0.15, 0.2) is 8.32 Å². The second-order valence-corrected chi connectivity index (χ2v) is 19.9. The van der Waals surface area contributed by atoms with Gasteiger partial charge in [-0.1, -0.05) is 44.7 Å². The normalized spacial score (nSPS) is 14.4. The van der Waals surface area contributed by atoms with Crippen molar-refractivity contribution in [1.82, 2.24) is 10.0 Å². The van der Waals surface area contributed by atoms with Crippen LogP contribution in [0.15, 0.2) is 58.8 Å². The summed E-state index contributed by atoms with van der Waals surface area (Å²) < 4.78 is 11.9. The second kappa shape index (κ2) is 15.0. The van der Waals surface area contributed by atoms with Crippen LogP contribution in [-0.2, 0) is 22.0 Å². The lowest BCUT2D eigenvalue weighted by Gasteiger charge is -2.41. The number of hydrogen-bond donors (Lipinski definition) is 0. The first-order valence-electron chi connectivity index (χ1n) is 14.8. The number of nitrogens with zero attached hydrogens (tertiary/aromatic N) is 2. The number of thioether (sulfide) groups is 1. The van der Waals surface area contributed by atoms with Crippen LogP contribution < -0.4 is 0 Å². The number of amides is 1. The van der Waals surface area contributed by atoms with Gasteiger partial charge in [0.05, 0.1) is 13.2 Å². The zero-order valence-corrected chi connectivity index (χ0v) is 30.1. The van der Waals surface area contributed by atoms with Gasteiger partial charge in [0.2, 0.25) is 0 Å². The van der Waals surface area contributed by atoms with E-state index >= 15 is 0 Å². The van der Waals surface area contributed by atoms with Crippen LogP contribution in [0.3, 0.4) is 0 Å². The SMILES string of the molecule is COC(=O)c1ccc(CCN2C(=O)SC=CN2CCC(Cc2ccc(C)c(C#Cc3ccsc3)c2)O[Si](C)(C)C(C)(C)C)s1. The van der Waals surface area contributed by atoms with Crippen LogP contribution in [0.5, 0.6) is 0 Å². The van der Waals surface area contributed by atoms with Crippen molar-refractivity contribution in [3.05, 3.63) is 90.8 Å². The van der Waals surface area contributed by atoms with Crippen LogP contribution in [-0.4, -0.2) is 55.8 Å². The Labute approximate surface area is 275 Å². The Morgan fingerprint density at radius 1 is 1.09 bits per heavy atom. The van der Waals surface area contributed by atoms with E-state index in [0.29, 0.717) is 24.4 Å². The third-order valence-electron chi connectivity index (χ3n) is 8.12. The van der Waals surface area contributed by atoms with Crippen molar-refractivity contribution < 1.29 is 18.8 Å². The summed E-state index contributed by atoms with van der Waals surface area (Å²) in [4.78, 5) is 26.5. The van der Waals surface area contributed by atoms with E-state index in [2.05, 4.69) is 76.2 Å². The van der Waals surface area contributed by atoms with Crippen LogP contribution in [0, 0.1) is 18.8 Å². The van der Waals surface area contributed by atoms with Crippen molar-refractivity contribution in [2.45, 2.75) is 71.2 Å². The lowest BCUT2D eigenvalue weighted by molar-refractivity contribution is 0.0566. The van der Waals surface area contributed by atoms with E-state index in [1.54, 1.807) is 22.4 Å². The molecule has 0 saturated carbocycles. The van der Waals surface area contributed by atoms with Gasteiger partial charge in [-0.2, -0.15) is 11.3 Å². The lowest BCUT2D eigenvalue weighted by atomic mass is 10.00. The summed E-state index contributed by atoms with van der Waals surface area (Å²) in [6.45, 7) is 14.7. The number of hydrogen-bond acceptors (Lipinski definition) is 8. The Bertz CT molecular complexity index is 1530. The maximum atomic E-state index is 13.0. The monoisotopic (exact) mass is 666 g/mol. The standard InChI is InChI=1S/C34H42N2O4S3Si/c1-25-8-9-27(22-28(25)11-10-26-16-20-41-24-26)23-29(40-44(6,7)34(2,3)4)14-17-35-19-21-42-33(38)36(35)18-15-30-12-13-31(43-30)32(37)39-5/h8-9,12-13,16,19-22,24,29H,14-15,17-18,23H2,1-7H3. The van der Waals surface area contributed by atoms with Crippen molar-refractivity contribution >= 4 is 54.0 Å². The number of esters is 1. The minimum absolute atomic E-state index is 0.00788. The molecule has 0 radical (unpaired) electrons. The Morgan fingerprint density at radius 3 is 2.59 bits per heavy atom. The zero-order valence-electron chi connectivity index (χ0n) is 26.6. The number of methoxy groups -OCH3 is 1. The summed E-state index contributed by atoms with van der Waals surface area (Å²) in [5.74, 6) is 6.33. The summed E-state index contributed by atoms with van der Waals surface area (Å²) in [6.07, 6.45) is 4.15. The van der Waals surface area contributed by atoms with E-state index in [-0.39, 0.29) is 22.4 Å². The number of aryl methyl sites for hydroxylation is 1. The highest BCUT2D eigenvalue weighted by Gasteiger charge is 2.39. The molecule has 1 unspecified atom stereocenters. The fraction of sp³-hybridized carbons (Fsp3) is 0.412. The van der Waals surface area contributed by atoms with E-state index in [1.165, 1.54) is 35.8 Å². The van der Waals surface area contributed by atoms with Gasteiger partial charge in [-0.15, -0.1) is 11.3 Å². The number of ether oxygens (including phenoxy) is 1. The average molecular weight is 667 g/mol. The van der Waals surface area contributed by atoms with Gasteiger partial charge < -0.3 is 9.16 Å². The number of carbonyl (C=O) groups excluding carboxylic acids is 2. The minimum atomic E-state index is -2.07. The van der Waals surface area contributed by atoms with Crippen molar-refractivity contribution in [2.24, 2.45) is 0 Å². The number of rotatable bonds is 11. The van der Waals surface area contributed by atoms with E-state index in [9.17, 15) is 9.59 Å². The molecule has 0 N–H and O–H groups in total. The molecule has 1 amide bonds. The highest BCUT2D eigenvalue weighted by molar-refractivity contribution is 8.16. The molecule has 2 aromatic heterocycles. The molecule has 0 fully saturated rings. The van der Waals surface area contributed by atoms with Crippen molar-refractivity contribution in [3.8, 4) is 11.8 Å². The maximum absolute atomic E-state index is 13.0. The molecule has 10 heteroatoms. The summed E-state index contributed by atoms with van der Waals surface area (Å²) in [6, 6.07) is 12.3. The van der Waals surface area contributed by atoms with Crippen molar-refractivity contribution in [3.63, 3.8) is 0 Å². The van der Waals surface area contributed by atoms with Crippen molar-refractivity contribution in [1.29, 1.82) is 0 Å². The molecule has 1 atom stereocenters.